The lowest BCUT2D eigenvalue weighted by molar-refractivity contribution is 0.0696. The van der Waals surface area contributed by atoms with Crippen LogP contribution in [0, 0.1) is 6.92 Å². The van der Waals surface area contributed by atoms with Gasteiger partial charge >= 0.3 is 5.97 Å². The lowest BCUT2D eigenvalue weighted by atomic mass is 10.0. The number of rotatable bonds is 3. The molecule has 104 valence electrons. The molecule has 0 spiro atoms. The van der Waals surface area contributed by atoms with E-state index in [1.54, 1.807) is 29.9 Å². The Morgan fingerprint density at radius 1 is 1.14 bits per heavy atom. The first-order valence-corrected chi connectivity index (χ1v) is 6.47. The standard InChI is InChI=1S/C16H13N3O2/c1-11-7-8-12(9-14(11)16(20)21)15-10-17-18-19(15)13-5-3-2-4-6-13/h2-10H,1H3,(H,20,21). The van der Waals surface area contributed by atoms with Gasteiger partial charge in [-0.25, -0.2) is 9.48 Å². The molecule has 0 atom stereocenters. The van der Waals surface area contributed by atoms with Crippen molar-refractivity contribution in [2.24, 2.45) is 0 Å². The van der Waals surface area contributed by atoms with E-state index in [0.29, 0.717) is 0 Å². The van der Waals surface area contributed by atoms with Gasteiger partial charge in [-0.05, 0) is 30.7 Å². The molecule has 5 nitrogen and oxygen atoms in total. The van der Waals surface area contributed by atoms with Gasteiger partial charge in [-0.2, -0.15) is 0 Å². The third kappa shape index (κ3) is 2.41. The van der Waals surface area contributed by atoms with Crippen molar-refractivity contribution in [2.45, 2.75) is 6.92 Å². The van der Waals surface area contributed by atoms with Crippen LogP contribution in [0.5, 0.6) is 0 Å². The molecule has 0 unspecified atom stereocenters. The molecule has 5 heteroatoms. The highest BCUT2D eigenvalue weighted by molar-refractivity contribution is 5.91. The normalized spacial score (nSPS) is 10.5. The molecule has 0 bridgehead atoms. The number of carbonyl (C=O) groups is 1. The maximum Gasteiger partial charge on any atom is 0.335 e. The molecule has 0 radical (unpaired) electrons. The van der Waals surface area contributed by atoms with E-state index in [4.69, 9.17) is 0 Å². The SMILES string of the molecule is Cc1ccc(-c2cnnn2-c2ccccc2)cc1C(=O)O. The van der Waals surface area contributed by atoms with Crippen molar-refractivity contribution < 1.29 is 9.90 Å². The number of nitrogens with zero attached hydrogens (tertiary/aromatic N) is 3. The quantitative estimate of drug-likeness (QED) is 0.800. The van der Waals surface area contributed by atoms with Crippen LogP contribution in [0.4, 0.5) is 0 Å². The second-order valence-electron chi connectivity index (χ2n) is 4.70. The summed E-state index contributed by atoms with van der Waals surface area (Å²) in [6, 6.07) is 14.9. The summed E-state index contributed by atoms with van der Waals surface area (Å²) in [7, 11) is 0. The summed E-state index contributed by atoms with van der Waals surface area (Å²) >= 11 is 0. The van der Waals surface area contributed by atoms with Gasteiger partial charge in [0.15, 0.2) is 0 Å². The summed E-state index contributed by atoms with van der Waals surface area (Å²) in [4.78, 5) is 11.3. The van der Waals surface area contributed by atoms with Gasteiger partial charge in [-0.3, -0.25) is 0 Å². The van der Waals surface area contributed by atoms with Crippen molar-refractivity contribution in [1.29, 1.82) is 0 Å². The molecule has 21 heavy (non-hydrogen) atoms. The highest BCUT2D eigenvalue weighted by Crippen LogP contribution is 2.24. The number of hydrogen-bond donors (Lipinski definition) is 1. The molecule has 3 aromatic rings. The predicted octanol–water partition coefficient (Wildman–Crippen LogP) is 2.94. The third-order valence-electron chi connectivity index (χ3n) is 3.31. The fourth-order valence-corrected chi connectivity index (χ4v) is 2.20. The van der Waals surface area contributed by atoms with Crippen LogP contribution >= 0.6 is 0 Å². The third-order valence-corrected chi connectivity index (χ3v) is 3.31. The highest BCUT2D eigenvalue weighted by Gasteiger charge is 2.13. The molecular formula is C16H13N3O2. The average molecular weight is 279 g/mol. The van der Waals surface area contributed by atoms with E-state index < -0.39 is 5.97 Å². The fourth-order valence-electron chi connectivity index (χ4n) is 2.20. The molecule has 0 saturated carbocycles. The predicted molar refractivity (Wildman–Crippen MR) is 78.5 cm³/mol. The second-order valence-corrected chi connectivity index (χ2v) is 4.70. The first-order chi connectivity index (χ1) is 10.2. The van der Waals surface area contributed by atoms with Crippen molar-refractivity contribution in [2.75, 3.05) is 0 Å². The van der Waals surface area contributed by atoms with Crippen molar-refractivity contribution >= 4 is 5.97 Å². The zero-order chi connectivity index (χ0) is 14.8. The Labute approximate surface area is 121 Å². The van der Waals surface area contributed by atoms with E-state index in [0.717, 1.165) is 22.5 Å². The number of carboxylic acid groups (broad SMARTS) is 1. The largest absolute Gasteiger partial charge is 0.478 e. The van der Waals surface area contributed by atoms with Crippen LogP contribution in [0.1, 0.15) is 15.9 Å². The number of para-hydroxylation sites is 1. The average Bonchev–Trinajstić information content (AvgIpc) is 2.98. The molecule has 0 aliphatic heterocycles. The van der Waals surface area contributed by atoms with E-state index in [-0.39, 0.29) is 5.56 Å². The van der Waals surface area contributed by atoms with Crippen molar-refractivity contribution in [3.63, 3.8) is 0 Å². The fraction of sp³-hybridized carbons (Fsp3) is 0.0625. The highest BCUT2D eigenvalue weighted by atomic mass is 16.4. The smallest absolute Gasteiger partial charge is 0.335 e. The molecule has 0 fully saturated rings. The monoisotopic (exact) mass is 279 g/mol. The van der Waals surface area contributed by atoms with E-state index >= 15 is 0 Å². The first kappa shape index (κ1) is 13.1. The summed E-state index contributed by atoms with van der Waals surface area (Å²) in [6.07, 6.45) is 1.63. The van der Waals surface area contributed by atoms with Gasteiger partial charge in [-0.1, -0.05) is 35.5 Å². The second kappa shape index (κ2) is 5.20. The maximum atomic E-state index is 11.3. The Balaban J connectivity index is 2.13. The number of carboxylic acids is 1. The molecule has 1 heterocycles. The Kier molecular flexibility index (Phi) is 3.23. The van der Waals surface area contributed by atoms with E-state index in [1.165, 1.54) is 0 Å². The summed E-state index contributed by atoms with van der Waals surface area (Å²) in [5, 5.41) is 17.3. The zero-order valence-electron chi connectivity index (χ0n) is 11.4. The molecule has 0 aliphatic carbocycles. The molecule has 1 N–H and O–H groups in total. The van der Waals surface area contributed by atoms with Crippen LogP contribution in [0.25, 0.3) is 16.9 Å². The lowest BCUT2D eigenvalue weighted by Gasteiger charge is -2.08. The van der Waals surface area contributed by atoms with Gasteiger partial charge in [0.2, 0.25) is 0 Å². The zero-order valence-corrected chi connectivity index (χ0v) is 11.4. The Bertz CT molecular complexity index is 794. The molecule has 0 aliphatic rings. The minimum atomic E-state index is -0.937. The first-order valence-electron chi connectivity index (χ1n) is 6.47. The van der Waals surface area contributed by atoms with Gasteiger partial charge in [0, 0.05) is 5.56 Å². The van der Waals surface area contributed by atoms with Crippen molar-refractivity contribution in [1.82, 2.24) is 15.0 Å². The van der Waals surface area contributed by atoms with Crippen LogP contribution in [-0.2, 0) is 0 Å². The van der Waals surface area contributed by atoms with Crippen molar-refractivity contribution in [3.8, 4) is 16.9 Å². The summed E-state index contributed by atoms with van der Waals surface area (Å²) < 4.78 is 1.69. The maximum absolute atomic E-state index is 11.3. The van der Waals surface area contributed by atoms with Gasteiger partial charge in [0.25, 0.3) is 0 Å². The molecule has 0 saturated heterocycles. The van der Waals surface area contributed by atoms with Crippen molar-refractivity contribution in [3.05, 3.63) is 65.9 Å². The van der Waals surface area contributed by atoms with Crippen LogP contribution in [0.2, 0.25) is 0 Å². The molecule has 1 aromatic heterocycles. The summed E-state index contributed by atoms with van der Waals surface area (Å²) in [5.41, 5.74) is 3.41. The van der Waals surface area contributed by atoms with Crippen LogP contribution in [0.15, 0.2) is 54.7 Å². The Morgan fingerprint density at radius 3 is 2.62 bits per heavy atom. The molecule has 0 amide bonds. The van der Waals surface area contributed by atoms with Crippen LogP contribution in [0.3, 0.4) is 0 Å². The Hall–Kier alpha value is -2.95. The van der Waals surface area contributed by atoms with Gasteiger partial charge < -0.3 is 5.11 Å². The molecule has 3 rings (SSSR count). The van der Waals surface area contributed by atoms with Crippen LogP contribution in [-0.4, -0.2) is 26.1 Å². The van der Waals surface area contributed by atoms with Gasteiger partial charge in [-0.15, -0.1) is 5.10 Å². The van der Waals surface area contributed by atoms with E-state index in [2.05, 4.69) is 10.3 Å². The van der Waals surface area contributed by atoms with E-state index in [9.17, 15) is 9.90 Å². The van der Waals surface area contributed by atoms with Crippen LogP contribution < -0.4 is 0 Å². The number of benzene rings is 2. The van der Waals surface area contributed by atoms with Gasteiger partial charge in [0.1, 0.15) is 0 Å². The summed E-state index contributed by atoms with van der Waals surface area (Å²) in [6.45, 7) is 1.78. The minimum Gasteiger partial charge on any atom is -0.478 e. The lowest BCUT2D eigenvalue weighted by Crippen LogP contribution is -2.02. The summed E-state index contributed by atoms with van der Waals surface area (Å²) in [5.74, 6) is -0.937. The van der Waals surface area contributed by atoms with Gasteiger partial charge in [0.05, 0.1) is 23.1 Å². The van der Waals surface area contributed by atoms with E-state index in [1.807, 2.05) is 36.4 Å². The Morgan fingerprint density at radius 2 is 1.90 bits per heavy atom. The molecule has 2 aromatic carbocycles. The number of aromatic nitrogens is 3. The number of aromatic carboxylic acids is 1. The number of hydrogen-bond acceptors (Lipinski definition) is 3. The minimum absolute atomic E-state index is 0.285. The number of aryl methyl sites for hydroxylation is 1. The molecular weight excluding hydrogens is 266 g/mol. The topological polar surface area (TPSA) is 68.0 Å².